The van der Waals surface area contributed by atoms with Crippen LogP contribution in [-0.2, 0) is 0 Å². The number of anilines is 1. The first-order chi connectivity index (χ1) is 7.26. The highest BCUT2D eigenvalue weighted by molar-refractivity contribution is 8.01. The van der Waals surface area contributed by atoms with Crippen molar-refractivity contribution in [3.05, 3.63) is 17.8 Å². The molecule has 0 fully saturated rings. The highest BCUT2D eigenvalue weighted by Crippen LogP contribution is 2.28. The molecule has 1 N–H and O–H groups in total. The molecule has 0 saturated heterocycles. The first-order valence-electron chi connectivity index (χ1n) is 5.14. The van der Waals surface area contributed by atoms with E-state index in [1.807, 2.05) is 25.0 Å². The lowest BCUT2D eigenvalue weighted by atomic mass is 10.2. The van der Waals surface area contributed by atoms with Gasteiger partial charge >= 0.3 is 0 Å². The zero-order valence-electron chi connectivity index (χ0n) is 9.54. The van der Waals surface area contributed by atoms with E-state index < -0.39 is 0 Å². The molecule has 0 radical (unpaired) electrons. The van der Waals surface area contributed by atoms with Crippen LogP contribution in [0.3, 0.4) is 0 Å². The van der Waals surface area contributed by atoms with Crippen LogP contribution in [-0.4, -0.2) is 17.8 Å². The molecule has 0 aliphatic rings. The Morgan fingerprint density at radius 3 is 3.07 bits per heavy atom. The number of allylic oxidation sites excluding steroid dienone is 2. The van der Waals surface area contributed by atoms with Crippen LogP contribution >= 0.6 is 23.1 Å². The molecular weight excluding hydrogens is 224 g/mol. The second-order valence-corrected chi connectivity index (χ2v) is 5.75. The number of thioether (sulfide) groups is 1. The lowest BCUT2D eigenvalue weighted by Gasteiger charge is -1.99. The maximum absolute atomic E-state index is 4.24. The van der Waals surface area contributed by atoms with Gasteiger partial charge in [0.05, 0.1) is 10.4 Å². The fraction of sp³-hybridized carbons (Fsp3) is 0.545. The summed E-state index contributed by atoms with van der Waals surface area (Å²) in [5.74, 6) is 1.18. The van der Waals surface area contributed by atoms with E-state index in [0.717, 1.165) is 5.13 Å². The van der Waals surface area contributed by atoms with Crippen LogP contribution in [0.25, 0.3) is 0 Å². The predicted molar refractivity (Wildman–Crippen MR) is 71.0 cm³/mol. The summed E-state index contributed by atoms with van der Waals surface area (Å²) >= 11 is 3.62. The molecule has 0 aliphatic heterocycles. The van der Waals surface area contributed by atoms with Gasteiger partial charge in [-0.25, -0.2) is 4.98 Å². The van der Waals surface area contributed by atoms with Crippen LogP contribution in [0.5, 0.6) is 0 Å². The highest BCUT2D eigenvalue weighted by Gasteiger charge is 2.00. The SMILES string of the molecule is C/C=C(\C)CCCSc1cnc(NC)s1. The lowest BCUT2D eigenvalue weighted by Crippen LogP contribution is -1.83. The van der Waals surface area contributed by atoms with Gasteiger partial charge in [-0.15, -0.1) is 11.8 Å². The summed E-state index contributed by atoms with van der Waals surface area (Å²) in [5, 5.41) is 4.05. The number of nitrogens with zero attached hydrogens (tertiary/aromatic N) is 1. The van der Waals surface area contributed by atoms with Crippen molar-refractivity contribution in [3.8, 4) is 0 Å². The van der Waals surface area contributed by atoms with Crippen LogP contribution < -0.4 is 5.32 Å². The van der Waals surface area contributed by atoms with E-state index in [-0.39, 0.29) is 0 Å². The summed E-state index contributed by atoms with van der Waals surface area (Å²) in [6, 6.07) is 0. The molecule has 0 aromatic carbocycles. The van der Waals surface area contributed by atoms with Crippen molar-refractivity contribution >= 4 is 28.2 Å². The molecule has 0 unspecified atom stereocenters. The number of nitrogens with one attached hydrogen (secondary N) is 1. The van der Waals surface area contributed by atoms with E-state index >= 15 is 0 Å². The standard InChI is InChI=1S/C11H18N2S2/c1-4-9(2)6-5-7-14-10-8-13-11(12-3)15-10/h4,8H,5-7H2,1-3H3,(H,12,13)/b9-4+. The molecule has 15 heavy (non-hydrogen) atoms. The van der Waals surface area contributed by atoms with E-state index in [2.05, 4.69) is 30.2 Å². The number of thiazole rings is 1. The molecule has 0 bridgehead atoms. The van der Waals surface area contributed by atoms with E-state index in [0.29, 0.717) is 0 Å². The van der Waals surface area contributed by atoms with Crippen LogP contribution in [0.15, 0.2) is 22.1 Å². The summed E-state index contributed by atoms with van der Waals surface area (Å²) in [4.78, 5) is 4.24. The monoisotopic (exact) mass is 242 g/mol. The van der Waals surface area contributed by atoms with Gasteiger partial charge in [0.25, 0.3) is 0 Å². The lowest BCUT2D eigenvalue weighted by molar-refractivity contribution is 0.914. The van der Waals surface area contributed by atoms with Gasteiger partial charge in [-0.3, -0.25) is 0 Å². The molecule has 1 heterocycles. The third-order valence-corrected chi connectivity index (χ3v) is 4.45. The van der Waals surface area contributed by atoms with Gasteiger partial charge in [0.2, 0.25) is 0 Å². The summed E-state index contributed by atoms with van der Waals surface area (Å²) in [7, 11) is 1.91. The summed E-state index contributed by atoms with van der Waals surface area (Å²) in [6.45, 7) is 4.29. The molecule has 1 rings (SSSR count). The quantitative estimate of drug-likeness (QED) is 0.463. The van der Waals surface area contributed by atoms with Crippen molar-refractivity contribution in [2.45, 2.75) is 30.9 Å². The molecule has 84 valence electrons. The average molecular weight is 242 g/mol. The maximum atomic E-state index is 4.24. The molecule has 2 nitrogen and oxygen atoms in total. The molecule has 0 amide bonds. The summed E-state index contributed by atoms with van der Waals surface area (Å²) in [6.07, 6.45) is 6.59. The smallest absolute Gasteiger partial charge is 0.183 e. The average Bonchev–Trinajstić information content (AvgIpc) is 2.72. The van der Waals surface area contributed by atoms with Crippen molar-refractivity contribution in [1.82, 2.24) is 4.98 Å². The second-order valence-electron chi connectivity index (χ2n) is 3.32. The van der Waals surface area contributed by atoms with Crippen molar-refractivity contribution in [2.24, 2.45) is 0 Å². The van der Waals surface area contributed by atoms with Gasteiger partial charge in [-0.05, 0) is 32.4 Å². The number of aromatic nitrogens is 1. The van der Waals surface area contributed by atoms with Crippen LogP contribution in [0.1, 0.15) is 26.7 Å². The van der Waals surface area contributed by atoms with Crippen LogP contribution in [0.2, 0.25) is 0 Å². The zero-order valence-corrected chi connectivity index (χ0v) is 11.2. The Bertz CT molecular complexity index is 318. The fourth-order valence-electron chi connectivity index (χ4n) is 1.11. The van der Waals surface area contributed by atoms with E-state index in [1.54, 1.807) is 11.3 Å². The Labute approximate surface area is 100 Å². The van der Waals surface area contributed by atoms with E-state index in [4.69, 9.17) is 0 Å². The third kappa shape index (κ3) is 4.71. The largest absolute Gasteiger partial charge is 0.365 e. The Kier molecular flexibility index (Phi) is 5.79. The van der Waals surface area contributed by atoms with Gasteiger partial charge in [0, 0.05) is 7.05 Å². The molecule has 1 aromatic rings. The Morgan fingerprint density at radius 1 is 1.67 bits per heavy atom. The normalized spacial score (nSPS) is 11.8. The first kappa shape index (κ1) is 12.6. The van der Waals surface area contributed by atoms with Crippen molar-refractivity contribution in [3.63, 3.8) is 0 Å². The summed E-state index contributed by atoms with van der Waals surface area (Å²) in [5.41, 5.74) is 1.48. The minimum Gasteiger partial charge on any atom is -0.365 e. The number of rotatable bonds is 6. The molecule has 1 aromatic heterocycles. The maximum Gasteiger partial charge on any atom is 0.183 e. The molecule has 0 spiro atoms. The number of hydrogen-bond donors (Lipinski definition) is 1. The second kappa shape index (κ2) is 6.90. The zero-order chi connectivity index (χ0) is 11.1. The topological polar surface area (TPSA) is 24.9 Å². The van der Waals surface area contributed by atoms with Crippen molar-refractivity contribution < 1.29 is 0 Å². The van der Waals surface area contributed by atoms with Gasteiger partial charge < -0.3 is 5.32 Å². The molecule has 0 atom stereocenters. The van der Waals surface area contributed by atoms with E-state index in [9.17, 15) is 0 Å². The van der Waals surface area contributed by atoms with Gasteiger partial charge in [-0.1, -0.05) is 23.0 Å². The highest BCUT2D eigenvalue weighted by atomic mass is 32.2. The van der Waals surface area contributed by atoms with Crippen LogP contribution in [0.4, 0.5) is 5.13 Å². The Hall–Kier alpha value is -0.480. The minimum absolute atomic E-state index is 1.00. The molecule has 0 aliphatic carbocycles. The fourth-order valence-corrected chi connectivity index (χ4v) is 2.95. The van der Waals surface area contributed by atoms with Crippen LogP contribution in [0, 0.1) is 0 Å². The first-order valence-corrected chi connectivity index (χ1v) is 6.94. The Morgan fingerprint density at radius 2 is 2.47 bits per heavy atom. The number of hydrogen-bond acceptors (Lipinski definition) is 4. The van der Waals surface area contributed by atoms with Gasteiger partial charge in [0.15, 0.2) is 5.13 Å². The van der Waals surface area contributed by atoms with Crippen molar-refractivity contribution in [1.29, 1.82) is 0 Å². The van der Waals surface area contributed by atoms with E-state index in [1.165, 1.54) is 28.4 Å². The Balaban J connectivity index is 2.20. The minimum atomic E-state index is 1.00. The third-order valence-electron chi connectivity index (χ3n) is 2.15. The van der Waals surface area contributed by atoms with Crippen molar-refractivity contribution in [2.75, 3.05) is 18.1 Å². The summed E-state index contributed by atoms with van der Waals surface area (Å²) < 4.78 is 1.30. The molecule has 0 saturated carbocycles. The molecule has 4 heteroatoms. The van der Waals surface area contributed by atoms with Gasteiger partial charge in [-0.2, -0.15) is 0 Å². The molecular formula is C11H18N2S2. The predicted octanol–water partition coefficient (Wildman–Crippen LogP) is 4.02. The van der Waals surface area contributed by atoms with Gasteiger partial charge in [0.1, 0.15) is 0 Å².